The Bertz CT molecular complexity index is 1000. The van der Waals surface area contributed by atoms with Crippen molar-refractivity contribution in [3.05, 3.63) is 77.9 Å². The molecule has 0 aliphatic carbocycles. The molecule has 3 heterocycles. The first-order valence-corrected chi connectivity index (χ1v) is 10.7. The lowest BCUT2D eigenvalue weighted by Gasteiger charge is -2.23. The van der Waals surface area contributed by atoms with Crippen molar-refractivity contribution in [1.29, 1.82) is 0 Å². The zero-order valence-corrected chi connectivity index (χ0v) is 17.5. The van der Waals surface area contributed by atoms with Crippen molar-refractivity contribution in [3.63, 3.8) is 0 Å². The maximum absolute atomic E-state index is 13.3. The van der Waals surface area contributed by atoms with E-state index in [1.54, 1.807) is 7.11 Å². The number of fused-ring (bicyclic) bond motifs is 1. The molecule has 6 heteroatoms. The third-order valence-corrected chi connectivity index (χ3v) is 6.62. The first-order chi connectivity index (χ1) is 15.1. The molecule has 0 radical (unpaired) electrons. The number of hydrogen-bond acceptors (Lipinski definition) is 4. The van der Waals surface area contributed by atoms with E-state index in [2.05, 4.69) is 17.4 Å². The summed E-state index contributed by atoms with van der Waals surface area (Å²) >= 11 is 0. The maximum atomic E-state index is 13.3. The zero-order valence-electron chi connectivity index (χ0n) is 17.5. The van der Waals surface area contributed by atoms with E-state index in [9.17, 15) is 9.59 Å². The average Bonchev–Trinajstić information content (AvgIpc) is 3.45. The van der Waals surface area contributed by atoms with Gasteiger partial charge in [0.1, 0.15) is 11.4 Å². The highest BCUT2D eigenvalue weighted by molar-refractivity contribution is 5.93. The van der Waals surface area contributed by atoms with E-state index in [0.29, 0.717) is 19.6 Å². The second kappa shape index (κ2) is 7.85. The lowest BCUT2D eigenvalue weighted by Crippen LogP contribution is -2.44. The lowest BCUT2D eigenvalue weighted by atomic mass is 9.77. The summed E-state index contributed by atoms with van der Waals surface area (Å²) in [6.07, 6.45) is 4.40. The normalized spacial score (nSPS) is 28.1. The number of ether oxygens (including phenoxy) is 2. The van der Waals surface area contributed by atoms with E-state index in [-0.39, 0.29) is 17.9 Å². The predicted octanol–water partition coefficient (Wildman–Crippen LogP) is 2.34. The Morgan fingerprint density at radius 3 is 2.68 bits per heavy atom. The van der Waals surface area contributed by atoms with Crippen LogP contribution in [0.3, 0.4) is 0 Å². The number of nitrogens with one attached hydrogen (secondary N) is 1. The molecular weight excluding hydrogens is 392 g/mol. The molecule has 0 saturated carbocycles. The van der Waals surface area contributed by atoms with Crippen LogP contribution in [0.4, 0.5) is 0 Å². The van der Waals surface area contributed by atoms with Gasteiger partial charge in [0.25, 0.3) is 0 Å². The van der Waals surface area contributed by atoms with Crippen LogP contribution in [0.25, 0.3) is 0 Å². The van der Waals surface area contributed by atoms with Gasteiger partial charge in [0.05, 0.1) is 31.6 Å². The highest BCUT2D eigenvalue weighted by Gasteiger charge is 2.66. The van der Waals surface area contributed by atoms with Crippen LogP contribution in [0.2, 0.25) is 0 Å². The number of hydrogen-bond donors (Lipinski definition) is 1. The van der Waals surface area contributed by atoms with E-state index in [0.717, 1.165) is 17.7 Å². The predicted molar refractivity (Wildman–Crippen MR) is 115 cm³/mol. The Balaban J connectivity index is 1.25. The molecule has 2 saturated heterocycles. The van der Waals surface area contributed by atoms with E-state index >= 15 is 0 Å². The summed E-state index contributed by atoms with van der Waals surface area (Å²) in [6, 6.07) is 17.7. The molecule has 3 aliphatic rings. The molecule has 1 spiro atoms. The summed E-state index contributed by atoms with van der Waals surface area (Å²) < 4.78 is 11.4. The second-order valence-corrected chi connectivity index (χ2v) is 8.46. The molecule has 6 nitrogen and oxygen atoms in total. The molecule has 2 fully saturated rings. The molecule has 3 aliphatic heterocycles. The molecule has 2 aromatic rings. The number of methoxy groups -OCH3 is 1. The summed E-state index contributed by atoms with van der Waals surface area (Å²) in [5.74, 6) is -0.273. The van der Waals surface area contributed by atoms with Crippen LogP contribution < -0.4 is 10.1 Å². The van der Waals surface area contributed by atoms with Crippen molar-refractivity contribution >= 4 is 11.8 Å². The highest BCUT2D eigenvalue weighted by Crippen LogP contribution is 2.51. The summed E-state index contributed by atoms with van der Waals surface area (Å²) in [7, 11) is 1.62. The van der Waals surface area contributed by atoms with Gasteiger partial charge >= 0.3 is 0 Å². The molecule has 2 aromatic carbocycles. The lowest BCUT2D eigenvalue weighted by molar-refractivity contribution is -0.137. The average molecular weight is 418 g/mol. The fourth-order valence-electron chi connectivity index (χ4n) is 5.03. The van der Waals surface area contributed by atoms with Crippen LogP contribution in [0.1, 0.15) is 11.1 Å². The van der Waals surface area contributed by atoms with E-state index in [1.165, 1.54) is 5.56 Å². The van der Waals surface area contributed by atoms with Crippen LogP contribution in [-0.4, -0.2) is 48.6 Å². The number of nitrogens with zero attached hydrogens (tertiary/aromatic N) is 1. The van der Waals surface area contributed by atoms with Crippen molar-refractivity contribution in [2.75, 3.05) is 20.2 Å². The minimum atomic E-state index is -0.666. The number of benzene rings is 2. The Labute approximate surface area is 181 Å². The van der Waals surface area contributed by atoms with E-state index < -0.39 is 17.4 Å². The van der Waals surface area contributed by atoms with Crippen LogP contribution >= 0.6 is 0 Å². The van der Waals surface area contributed by atoms with Gasteiger partial charge in [-0.15, -0.1) is 0 Å². The van der Waals surface area contributed by atoms with Crippen LogP contribution in [0, 0.1) is 11.8 Å². The summed E-state index contributed by atoms with van der Waals surface area (Å²) in [5, 5.41) is 3.00. The van der Waals surface area contributed by atoms with Crippen molar-refractivity contribution in [2.45, 2.75) is 24.7 Å². The quantitative estimate of drug-likeness (QED) is 0.701. The van der Waals surface area contributed by atoms with Crippen molar-refractivity contribution in [3.8, 4) is 5.75 Å². The molecule has 5 rings (SSSR count). The molecular formula is C25H26N2O4. The van der Waals surface area contributed by atoms with Gasteiger partial charge in [0.15, 0.2) is 0 Å². The fourth-order valence-corrected chi connectivity index (χ4v) is 5.03. The summed E-state index contributed by atoms with van der Waals surface area (Å²) in [4.78, 5) is 28.2. The van der Waals surface area contributed by atoms with Gasteiger partial charge in [0.2, 0.25) is 11.8 Å². The Morgan fingerprint density at radius 1 is 1.16 bits per heavy atom. The van der Waals surface area contributed by atoms with Gasteiger partial charge in [0, 0.05) is 13.1 Å². The summed E-state index contributed by atoms with van der Waals surface area (Å²) in [5.41, 5.74) is 1.51. The molecule has 31 heavy (non-hydrogen) atoms. The first-order valence-electron chi connectivity index (χ1n) is 10.7. The minimum Gasteiger partial charge on any atom is -0.497 e. The van der Waals surface area contributed by atoms with Crippen molar-refractivity contribution < 1.29 is 19.1 Å². The molecule has 1 N–H and O–H groups in total. The zero-order chi connectivity index (χ0) is 21.4. The van der Waals surface area contributed by atoms with Gasteiger partial charge < -0.3 is 19.7 Å². The summed E-state index contributed by atoms with van der Waals surface area (Å²) in [6.45, 7) is 1.54. The number of carbonyl (C=O) groups is 2. The van der Waals surface area contributed by atoms with Gasteiger partial charge in [-0.3, -0.25) is 9.59 Å². The number of carbonyl (C=O) groups excluding carboxylic acids is 2. The van der Waals surface area contributed by atoms with Crippen LogP contribution in [0.5, 0.6) is 5.75 Å². The molecule has 160 valence electrons. The van der Waals surface area contributed by atoms with Gasteiger partial charge in [-0.1, -0.05) is 54.6 Å². The molecule has 0 aromatic heterocycles. The Kier molecular flexibility index (Phi) is 5.02. The molecule has 2 amide bonds. The fraction of sp³-hybridized carbons (Fsp3) is 0.360. The first kappa shape index (κ1) is 19.8. The van der Waals surface area contributed by atoms with Gasteiger partial charge in [-0.05, 0) is 29.7 Å². The van der Waals surface area contributed by atoms with Gasteiger partial charge in [-0.2, -0.15) is 0 Å². The monoisotopic (exact) mass is 418 g/mol. The largest absolute Gasteiger partial charge is 0.497 e. The SMILES string of the molecule is COc1ccc(CNC(=O)[C@H]2[C@@H]3C=C[C@@]4(CN(CCc5ccccc5)C(=O)[C@@H]24)O3)cc1. The smallest absolute Gasteiger partial charge is 0.230 e. The number of amides is 2. The molecule has 2 bridgehead atoms. The third kappa shape index (κ3) is 3.51. The standard InChI is InChI=1S/C25H26N2O4/c1-30-19-9-7-18(8-10-19)15-26-23(28)21-20-11-13-25(31-20)16-27(24(29)22(21)25)14-12-17-5-3-2-4-6-17/h2-11,13,20-22H,12,14-16H2,1H3,(H,26,28)/t20-,21-,22+,25-/m0/s1. The minimum absolute atomic E-state index is 0.0207. The van der Waals surface area contributed by atoms with Gasteiger partial charge in [-0.25, -0.2) is 0 Å². The van der Waals surface area contributed by atoms with E-state index in [4.69, 9.17) is 9.47 Å². The Hall–Kier alpha value is -3.12. The second-order valence-electron chi connectivity index (χ2n) is 8.46. The van der Waals surface area contributed by atoms with Crippen molar-refractivity contribution in [2.24, 2.45) is 11.8 Å². The van der Waals surface area contributed by atoms with Crippen LogP contribution in [0.15, 0.2) is 66.7 Å². The molecule has 4 atom stereocenters. The van der Waals surface area contributed by atoms with Crippen LogP contribution in [-0.2, 0) is 27.3 Å². The number of likely N-dealkylation sites (tertiary alicyclic amines) is 1. The Morgan fingerprint density at radius 2 is 1.94 bits per heavy atom. The van der Waals surface area contributed by atoms with Crippen molar-refractivity contribution in [1.82, 2.24) is 10.2 Å². The topological polar surface area (TPSA) is 67.9 Å². The maximum Gasteiger partial charge on any atom is 0.230 e. The molecule has 0 unspecified atom stereocenters. The highest BCUT2D eigenvalue weighted by atomic mass is 16.5. The number of rotatable bonds is 7. The van der Waals surface area contributed by atoms with E-state index in [1.807, 2.05) is 59.5 Å². The third-order valence-electron chi connectivity index (χ3n) is 6.62.